The Balaban J connectivity index is 1.72. The largest absolute Gasteiger partial charge is 0.352 e. The van der Waals surface area contributed by atoms with Crippen LogP contribution in [0.3, 0.4) is 0 Å². The van der Waals surface area contributed by atoms with Gasteiger partial charge >= 0.3 is 5.69 Å². The number of nitrogens with one attached hydrogen (secondary N) is 1. The molecule has 0 spiro atoms. The molecule has 0 saturated carbocycles. The van der Waals surface area contributed by atoms with Gasteiger partial charge in [0.1, 0.15) is 0 Å². The number of carbonyl (C=O) groups is 1. The highest BCUT2D eigenvalue weighted by Gasteiger charge is 2.10. The van der Waals surface area contributed by atoms with Gasteiger partial charge in [0.25, 0.3) is 0 Å². The van der Waals surface area contributed by atoms with Gasteiger partial charge in [-0.3, -0.25) is 13.9 Å². The number of benzene rings is 2. The molecule has 0 aliphatic heterocycles. The van der Waals surface area contributed by atoms with Crippen LogP contribution in [-0.4, -0.2) is 15.0 Å². The SMILES string of the molecule is Cn1c(=O)n(C)c2cc(CC(=O)NCc3ccccc3)ccc21. The quantitative estimate of drug-likeness (QED) is 0.798. The topological polar surface area (TPSA) is 56.0 Å². The van der Waals surface area contributed by atoms with Crippen LogP contribution in [-0.2, 0) is 31.9 Å². The van der Waals surface area contributed by atoms with E-state index in [-0.39, 0.29) is 11.6 Å². The van der Waals surface area contributed by atoms with E-state index in [1.54, 1.807) is 23.2 Å². The number of amides is 1. The maximum atomic E-state index is 12.1. The molecular weight excluding hydrogens is 290 g/mol. The summed E-state index contributed by atoms with van der Waals surface area (Å²) in [4.78, 5) is 24.0. The molecule has 1 heterocycles. The summed E-state index contributed by atoms with van der Waals surface area (Å²) in [5.41, 5.74) is 3.61. The Morgan fingerprint density at radius 2 is 1.65 bits per heavy atom. The van der Waals surface area contributed by atoms with E-state index in [0.29, 0.717) is 13.0 Å². The highest BCUT2D eigenvalue weighted by atomic mass is 16.2. The molecule has 3 aromatic rings. The van der Waals surface area contributed by atoms with Crippen LogP contribution < -0.4 is 11.0 Å². The fourth-order valence-corrected chi connectivity index (χ4v) is 2.71. The second kappa shape index (κ2) is 6.12. The van der Waals surface area contributed by atoms with E-state index in [9.17, 15) is 9.59 Å². The molecule has 1 N–H and O–H groups in total. The Bertz CT molecular complexity index is 907. The molecule has 0 saturated heterocycles. The van der Waals surface area contributed by atoms with Crippen molar-refractivity contribution in [3.8, 4) is 0 Å². The van der Waals surface area contributed by atoms with E-state index >= 15 is 0 Å². The van der Waals surface area contributed by atoms with Crippen molar-refractivity contribution in [1.29, 1.82) is 0 Å². The lowest BCUT2D eigenvalue weighted by molar-refractivity contribution is -0.120. The van der Waals surface area contributed by atoms with E-state index in [1.165, 1.54) is 0 Å². The first kappa shape index (κ1) is 15.1. The predicted octanol–water partition coefficient (Wildman–Crippen LogP) is 1.74. The molecule has 1 amide bonds. The van der Waals surface area contributed by atoms with Crippen LogP contribution in [0.4, 0.5) is 0 Å². The Kier molecular flexibility index (Phi) is 4.02. The highest BCUT2D eigenvalue weighted by Crippen LogP contribution is 2.14. The normalized spacial score (nSPS) is 10.9. The Morgan fingerprint density at radius 3 is 2.39 bits per heavy atom. The maximum absolute atomic E-state index is 12.1. The van der Waals surface area contributed by atoms with Crippen LogP contribution in [0.1, 0.15) is 11.1 Å². The molecule has 0 atom stereocenters. The zero-order valence-corrected chi connectivity index (χ0v) is 13.2. The van der Waals surface area contributed by atoms with Crippen LogP contribution in [0.5, 0.6) is 0 Å². The Hall–Kier alpha value is -2.82. The summed E-state index contributed by atoms with van der Waals surface area (Å²) < 4.78 is 3.20. The van der Waals surface area contributed by atoms with E-state index < -0.39 is 0 Å². The average Bonchev–Trinajstić information content (AvgIpc) is 2.78. The minimum absolute atomic E-state index is 0.0332. The van der Waals surface area contributed by atoms with Gasteiger partial charge in [0.05, 0.1) is 17.5 Å². The van der Waals surface area contributed by atoms with Gasteiger partial charge in [0.2, 0.25) is 5.91 Å². The number of imidazole rings is 1. The summed E-state index contributed by atoms with van der Waals surface area (Å²) >= 11 is 0. The maximum Gasteiger partial charge on any atom is 0.328 e. The molecule has 118 valence electrons. The van der Waals surface area contributed by atoms with Crippen molar-refractivity contribution < 1.29 is 4.79 Å². The number of fused-ring (bicyclic) bond motifs is 1. The molecule has 23 heavy (non-hydrogen) atoms. The van der Waals surface area contributed by atoms with Gasteiger partial charge in [-0.15, -0.1) is 0 Å². The molecule has 5 heteroatoms. The minimum Gasteiger partial charge on any atom is -0.352 e. The zero-order valence-electron chi connectivity index (χ0n) is 13.2. The smallest absolute Gasteiger partial charge is 0.328 e. The number of rotatable bonds is 4. The Labute approximate surface area is 134 Å². The van der Waals surface area contributed by atoms with Gasteiger partial charge in [0, 0.05) is 20.6 Å². The van der Waals surface area contributed by atoms with Crippen LogP contribution >= 0.6 is 0 Å². The molecule has 1 aromatic heterocycles. The molecule has 0 bridgehead atoms. The van der Waals surface area contributed by atoms with Crippen molar-refractivity contribution in [2.45, 2.75) is 13.0 Å². The third-order valence-electron chi connectivity index (χ3n) is 4.03. The van der Waals surface area contributed by atoms with Crippen molar-refractivity contribution in [2.75, 3.05) is 0 Å². The molecule has 0 radical (unpaired) electrons. The zero-order chi connectivity index (χ0) is 16.4. The van der Waals surface area contributed by atoms with Gasteiger partial charge < -0.3 is 5.32 Å². The number of hydrogen-bond acceptors (Lipinski definition) is 2. The summed E-state index contributed by atoms with van der Waals surface area (Å²) in [6.07, 6.45) is 0.297. The lowest BCUT2D eigenvalue weighted by atomic mass is 10.1. The Morgan fingerprint density at radius 1 is 0.957 bits per heavy atom. The lowest BCUT2D eigenvalue weighted by Gasteiger charge is -2.06. The van der Waals surface area contributed by atoms with Crippen LogP contribution in [0.2, 0.25) is 0 Å². The molecule has 2 aromatic carbocycles. The summed E-state index contributed by atoms with van der Waals surface area (Å²) in [5.74, 6) is -0.0332. The second-order valence-corrected chi connectivity index (χ2v) is 5.66. The van der Waals surface area contributed by atoms with E-state index in [4.69, 9.17) is 0 Å². The molecular formula is C18H19N3O2. The summed E-state index contributed by atoms with van der Waals surface area (Å²) in [6, 6.07) is 15.5. The molecule has 0 aliphatic carbocycles. The van der Waals surface area contributed by atoms with Gasteiger partial charge in [0.15, 0.2) is 0 Å². The molecule has 5 nitrogen and oxygen atoms in total. The highest BCUT2D eigenvalue weighted by molar-refractivity contribution is 5.82. The molecule has 0 fully saturated rings. The number of aromatic nitrogens is 2. The first-order valence-corrected chi connectivity index (χ1v) is 7.51. The molecule has 3 rings (SSSR count). The lowest BCUT2D eigenvalue weighted by Crippen LogP contribution is -2.24. The predicted molar refractivity (Wildman–Crippen MR) is 90.2 cm³/mol. The van der Waals surface area contributed by atoms with E-state index in [1.807, 2.05) is 48.5 Å². The number of aryl methyl sites for hydroxylation is 2. The van der Waals surface area contributed by atoms with Crippen LogP contribution in [0.25, 0.3) is 11.0 Å². The van der Waals surface area contributed by atoms with E-state index in [0.717, 1.165) is 22.2 Å². The summed E-state index contributed by atoms with van der Waals surface area (Å²) in [6.45, 7) is 0.520. The fraction of sp³-hybridized carbons (Fsp3) is 0.222. The van der Waals surface area contributed by atoms with E-state index in [2.05, 4.69) is 5.32 Å². The monoisotopic (exact) mass is 309 g/mol. The third-order valence-corrected chi connectivity index (χ3v) is 4.03. The average molecular weight is 309 g/mol. The first-order chi connectivity index (χ1) is 11.1. The van der Waals surface area contributed by atoms with Crippen molar-refractivity contribution in [3.63, 3.8) is 0 Å². The van der Waals surface area contributed by atoms with Gasteiger partial charge in [-0.05, 0) is 23.3 Å². The van der Waals surface area contributed by atoms with Crippen molar-refractivity contribution >= 4 is 16.9 Å². The fourth-order valence-electron chi connectivity index (χ4n) is 2.71. The summed E-state index contributed by atoms with van der Waals surface area (Å²) in [5, 5.41) is 2.91. The summed E-state index contributed by atoms with van der Waals surface area (Å²) in [7, 11) is 3.49. The number of nitrogens with zero attached hydrogens (tertiary/aromatic N) is 2. The standard InChI is InChI=1S/C18H19N3O2/c1-20-15-9-8-14(10-16(15)21(2)18(20)23)11-17(22)19-12-13-6-4-3-5-7-13/h3-10H,11-12H2,1-2H3,(H,19,22). The van der Waals surface area contributed by atoms with Crippen molar-refractivity contribution in [2.24, 2.45) is 14.1 Å². The first-order valence-electron chi connectivity index (χ1n) is 7.51. The van der Waals surface area contributed by atoms with Crippen molar-refractivity contribution in [3.05, 3.63) is 70.1 Å². The van der Waals surface area contributed by atoms with Gasteiger partial charge in [-0.25, -0.2) is 4.79 Å². The van der Waals surface area contributed by atoms with Gasteiger partial charge in [-0.2, -0.15) is 0 Å². The molecule has 0 unspecified atom stereocenters. The number of hydrogen-bond donors (Lipinski definition) is 1. The second-order valence-electron chi connectivity index (χ2n) is 5.66. The third kappa shape index (κ3) is 3.04. The minimum atomic E-state index is -0.0642. The van der Waals surface area contributed by atoms with Crippen LogP contribution in [0.15, 0.2) is 53.3 Å². The number of carbonyl (C=O) groups excluding carboxylic acids is 1. The van der Waals surface area contributed by atoms with Gasteiger partial charge in [-0.1, -0.05) is 36.4 Å². The molecule has 0 aliphatic rings. The van der Waals surface area contributed by atoms with Crippen molar-refractivity contribution in [1.82, 2.24) is 14.5 Å². The van der Waals surface area contributed by atoms with Crippen LogP contribution in [0, 0.1) is 0 Å².